The Morgan fingerprint density at radius 3 is 2.00 bits per heavy atom. The molecule has 0 N–H and O–H groups in total. The predicted octanol–water partition coefficient (Wildman–Crippen LogP) is 6.33. The molecule has 0 saturated heterocycles. The maximum absolute atomic E-state index is 13.4. The third kappa shape index (κ3) is 6.13. The first kappa shape index (κ1) is 15.6. The number of carbonyl (C=O) groups excluding carboxylic acids is 1. The van der Waals surface area contributed by atoms with E-state index in [0.29, 0.717) is 5.56 Å². The maximum atomic E-state index is 13.4. The number of nitrogens with zero attached hydrogens (tertiary/aromatic N) is 2. The third-order valence-electron chi connectivity index (χ3n) is 4.40. The van der Waals surface area contributed by atoms with Gasteiger partial charge in [0.25, 0.3) is 0 Å². The summed E-state index contributed by atoms with van der Waals surface area (Å²) in [6, 6.07) is 27.1. The molecule has 0 saturated carbocycles. The van der Waals surface area contributed by atoms with Gasteiger partial charge in [0.1, 0.15) is 17.7 Å². The molecule has 0 aromatic heterocycles. The van der Waals surface area contributed by atoms with Crippen molar-refractivity contribution in [3.63, 3.8) is 0 Å². The van der Waals surface area contributed by atoms with E-state index in [9.17, 15) is 15.3 Å². The zero-order valence-corrected chi connectivity index (χ0v) is 16.6. The molecule has 3 aromatic carbocycles. The second-order valence-corrected chi connectivity index (χ2v) is 6.50. The number of ketones is 1. The van der Waals surface area contributed by atoms with Crippen LogP contribution in [-0.4, -0.2) is 5.78 Å². The monoisotopic (exact) mass is 407 g/mol. The molecule has 3 heteroatoms. The fourth-order valence-electron chi connectivity index (χ4n) is 2.90. The lowest BCUT2D eigenvalue weighted by atomic mass is 9.84. The van der Waals surface area contributed by atoms with E-state index in [4.69, 9.17) is 6.85 Å². The van der Waals surface area contributed by atoms with Crippen LogP contribution in [0.2, 0.25) is 0 Å². The second-order valence-electron chi connectivity index (χ2n) is 6.50. The van der Waals surface area contributed by atoms with Gasteiger partial charge in [0.15, 0.2) is 5.78 Å². The molecule has 3 nitrogen and oxygen atoms in total. The molecule has 0 bridgehead atoms. The normalized spacial score (nSPS) is 14.9. The molecule has 0 aliphatic carbocycles. The fraction of sp³-hybridized carbons (Fsp3) is 0.107. The molecule has 1 atom stereocenters. The van der Waals surface area contributed by atoms with Gasteiger partial charge >= 0.3 is 0 Å². The van der Waals surface area contributed by atoms with E-state index < -0.39 is 36.1 Å². The quantitative estimate of drug-likeness (QED) is 0.323. The second kappa shape index (κ2) is 11.1. The van der Waals surface area contributed by atoms with Crippen LogP contribution >= 0.6 is 0 Å². The Kier molecular flexibility index (Phi) is 5.59. The molecule has 0 radical (unpaired) electrons. The van der Waals surface area contributed by atoms with Crippen molar-refractivity contribution in [2.45, 2.75) is 18.7 Å². The van der Waals surface area contributed by atoms with Gasteiger partial charge in [0.05, 0.1) is 1.37 Å². The number of hydrogen-bond acceptors (Lipinski definition) is 3. The van der Waals surface area contributed by atoms with E-state index in [1.807, 2.05) is 0 Å². The molecule has 31 heavy (non-hydrogen) atoms. The first-order valence-electron chi connectivity index (χ1n) is 12.1. The maximum Gasteiger partial charge on any atom is 0.156 e. The lowest BCUT2D eigenvalue weighted by Gasteiger charge is -2.19. The van der Waals surface area contributed by atoms with Crippen molar-refractivity contribution in [3.05, 3.63) is 119 Å². The van der Waals surface area contributed by atoms with Gasteiger partial charge in [-0.25, -0.2) is 0 Å². The summed E-state index contributed by atoms with van der Waals surface area (Å²) in [5.74, 6) is -3.00. The minimum Gasteiger partial charge on any atom is -0.295 e. The van der Waals surface area contributed by atoms with Crippen LogP contribution in [0.25, 0.3) is 11.6 Å². The van der Waals surface area contributed by atoms with E-state index in [1.54, 1.807) is 78.9 Å². The highest BCUT2D eigenvalue weighted by Gasteiger charge is 2.20. The molecule has 150 valence electrons. The fourth-order valence-corrected chi connectivity index (χ4v) is 2.90. The van der Waals surface area contributed by atoms with Gasteiger partial charge in [0, 0.05) is 11.9 Å². The van der Waals surface area contributed by atoms with Crippen molar-refractivity contribution in [3.8, 4) is 12.1 Å². The van der Waals surface area contributed by atoms with Crippen LogP contribution in [0.1, 0.15) is 42.2 Å². The summed E-state index contributed by atoms with van der Waals surface area (Å²) in [4.78, 5) is 13.4. The molecular weight excluding hydrogens is 380 g/mol. The summed E-state index contributed by atoms with van der Waals surface area (Å²) in [5, 5.41) is 19.3. The van der Waals surface area contributed by atoms with Crippen molar-refractivity contribution >= 4 is 17.4 Å². The Morgan fingerprint density at radius 1 is 0.871 bits per heavy atom. The van der Waals surface area contributed by atoms with Crippen molar-refractivity contribution in [2.75, 3.05) is 0 Å². The van der Waals surface area contributed by atoms with Gasteiger partial charge in [-0.3, -0.25) is 4.79 Å². The summed E-state index contributed by atoms with van der Waals surface area (Å²) in [6.07, 6.45) is -4.39. The highest BCUT2D eigenvalue weighted by Crippen LogP contribution is 2.34. The molecule has 0 heterocycles. The Morgan fingerprint density at radius 2 is 1.42 bits per heavy atom. The van der Waals surface area contributed by atoms with Crippen molar-refractivity contribution < 1.29 is 11.6 Å². The standard InChI is InChI=1S/C28H22N2O/c29-20-26(21-30)28(24-14-8-3-9-15-24)19-25(23-12-6-2-7-13-23)18-27(31)17-16-22-10-4-1-5-11-22/h1-17,25H,18-19H2/b17-16+/i17D,18D2,19D2. The van der Waals surface area contributed by atoms with Gasteiger partial charge < -0.3 is 0 Å². The number of nitriles is 2. The molecular formula is C28H22N2O. The molecule has 1 unspecified atom stereocenters. The zero-order valence-electron chi connectivity index (χ0n) is 21.6. The van der Waals surface area contributed by atoms with Crippen molar-refractivity contribution in [1.82, 2.24) is 0 Å². The largest absolute Gasteiger partial charge is 0.295 e. The molecule has 3 rings (SSSR count). The highest BCUT2D eigenvalue weighted by molar-refractivity contribution is 5.94. The molecule has 0 aliphatic heterocycles. The Bertz CT molecular complexity index is 1350. The zero-order chi connectivity index (χ0) is 26.3. The number of carbonyl (C=O) groups is 1. The molecule has 3 aromatic rings. The molecule has 0 spiro atoms. The van der Waals surface area contributed by atoms with Crippen LogP contribution in [0.15, 0.2) is 103 Å². The van der Waals surface area contributed by atoms with E-state index in [0.717, 1.165) is 0 Å². The molecule has 0 amide bonds. The summed E-state index contributed by atoms with van der Waals surface area (Å²) in [5.41, 5.74) is 0.0401. The lowest BCUT2D eigenvalue weighted by molar-refractivity contribution is -0.114. The number of allylic oxidation sites excluding steroid dienone is 3. The van der Waals surface area contributed by atoms with E-state index in [-0.39, 0.29) is 16.7 Å². The summed E-state index contributed by atoms with van der Waals surface area (Å²) < 4.78 is 44.1. The van der Waals surface area contributed by atoms with Gasteiger partial charge in [-0.1, -0.05) is 97.1 Å². The predicted molar refractivity (Wildman–Crippen MR) is 123 cm³/mol. The topological polar surface area (TPSA) is 64.7 Å². The third-order valence-corrected chi connectivity index (χ3v) is 4.40. The smallest absolute Gasteiger partial charge is 0.156 e. The van der Waals surface area contributed by atoms with Crippen LogP contribution in [0.5, 0.6) is 0 Å². The average Bonchev–Trinajstić information content (AvgIpc) is 2.88. The van der Waals surface area contributed by atoms with Crippen LogP contribution < -0.4 is 0 Å². The Labute approximate surface area is 190 Å². The van der Waals surface area contributed by atoms with Crippen LogP contribution in [0.4, 0.5) is 0 Å². The average molecular weight is 408 g/mol. The number of hydrogen-bond donors (Lipinski definition) is 0. The van der Waals surface area contributed by atoms with Crippen LogP contribution in [0, 0.1) is 22.7 Å². The van der Waals surface area contributed by atoms with E-state index >= 15 is 0 Å². The first-order chi connectivity index (χ1) is 17.1. The summed E-state index contributed by atoms with van der Waals surface area (Å²) in [6.45, 7) is 0. The Balaban J connectivity index is 2.25. The van der Waals surface area contributed by atoms with Gasteiger partial charge in [0.2, 0.25) is 0 Å². The molecule has 0 aliphatic rings. The van der Waals surface area contributed by atoms with E-state index in [2.05, 4.69) is 0 Å². The number of benzene rings is 3. The first-order valence-corrected chi connectivity index (χ1v) is 9.58. The van der Waals surface area contributed by atoms with Crippen LogP contribution in [-0.2, 0) is 4.79 Å². The lowest BCUT2D eigenvalue weighted by Crippen LogP contribution is -2.07. The highest BCUT2D eigenvalue weighted by atomic mass is 16.1. The summed E-state index contributed by atoms with van der Waals surface area (Å²) >= 11 is 0. The molecule has 0 fully saturated rings. The Hall–Kier alpha value is -4.21. The summed E-state index contributed by atoms with van der Waals surface area (Å²) in [7, 11) is 0. The minimum absolute atomic E-state index is 0.150. The van der Waals surface area contributed by atoms with Crippen molar-refractivity contribution in [2.24, 2.45) is 0 Å². The minimum atomic E-state index is -2.91. The van der Waals surface area contributed by atoms with Crippen LogP contribution in [0.3, 0.4) is 0 Å². The van der Waals surface area contributed by atoms with Crippen molar-refractivity contribution in [1.29, 1.82) is 10.5 Å². The van der Waals surface area contributed by atoms with E-state index in [1.165, 1.54) is 30.3 Å². The SMILES string of the molecule is [2H]/C(=C\c1ccccc1)C(=O)C([2H])([2H])C(c1ccccc1)C([2H])([2H])C(=C(C#N)C#N)c1ccccc1. The number of rotatable bonds is 8. The van der Waals surface area contributed by atoms with Gasteiger partial charge in [-0.05, 0) is 40.6 Å². The van der Waals surface area contributed by atoms with Gasteiger partial charge in [-0.15, -0.1) is 0 Å². The van der Waals surface area contributed by atoms with Gasteiger partial charge in [-0.2, -0.15) is 10.5 Å².